The van der Waals surface area contributed by atoms with Crippen LogP contribution in [-0.4, -0.2) is 7.11 Å². The van der Waals surface area contributed by atoms with Crippen molar-refractivity contribution >= 4 is 11.6 Å². The number of hydrogen-bond acceptors (Lipinski definition) is 1. The van der Waals surface area contributed by atoms with E-state index in [2.05, 4.69) is 39.5 Å². The molecule has 0 radical (unpaired) electrons. The summed E-state index contributed by atoms with van der Waals surface area (Å²) in [6.45, 7) is 8.51. The topological polar surface area (TPSA) is 9.23 Å². The molecule has 0 saturated carbocycles. The number of ether oxygens (including phenoxy) is 1. The van der Waals surface area contributed by atoms with E-state index in [0.29, 0.717) is 11.8 Å². The Hall–Kier alpha value is -1.13. The highest BCUT2D eigenvalue weighted by Gasteiger charge is 2.15. The summed E-state index contributed by atoms with van der Waals surface area (Å²) >= 11 is 6.22. The van der Waals surface area contributed by atoms with Gasteiger partial charge < -0.3 is 4.74 Å². The van der Waals surface area contributed by atoms with Crippen LogP contribution >= 0.6 is 11.6 Å². The number of methoxy groups -OCH3 is 1. The number of benzene rings is 1. The molecule has 0 N–H and O–H groups in total. The fourth-order valence-corrected chi connectivity index (χ4v) is 2.41. The second-order valence-electron chi connectivity index (χ2n) is 5.12. The molecule has 1 aromatic rings. The molecule has 1 unspecified atom stereocenters. The summed E-state index contributed by atoms with van der Waals surface area (Å²) < 4.78 is 5.59. The maximum atomic E-state index is 6.22. The van der Waals surface area contributed by atoms with Gasteiger partial charge in [0.1, 0.15) is 5.75 Å². The molecule has 0 heterocycles. The number of hydrogen-bond donors (Lipinski definition) is 0. The predicted octanol–water partition coefficient (Wildman–Crippen LogP) is 5.06. The second-order valence-corrected chi connectivity index (χ2v) is 5.56. The third-order valence-corrected chi connectivity index (χ3v) is 3.26. The van der Waals surface area contributed by atoms with Gasteiger partial charge in [-0.1, -0.05) is 45.2 Å². The maximum Gasteiger partial charge on any atom is 0.125 e. The van der Waals surface area contributed by atoms with Gasteiger partial charge in [-0.25, -0.2) is 0 Å². The largest absolute Gasteiger partial charge is 0.496 e. The van der Waals surface area contributed by atoms with Crippen molar-refractivity contribution in [3.8, 4) is 17.6 Å². The monoisotopic (exact) mass is 278 g/mol. The molecule has 0 aromatic heterocycles. The Morgan fingerprint density at radius 1 is 1.26 bits per heavy atom. The Labute approximate surface area is 122 Å². The van der Waals surface area contributed by atoms with Gasteiger partial charge >= 0.3 is 0 Å². The SMILES string of the molecule is CCC#CC(C)Cc1cc(Cl)cc(C(C)C)c1OC. The van der Waals surface area contributed by atoms with E-state index >= 15 is 0 Å². The minimum absolute atomic E-state index is 0.312. The second kappa shape index (κ2) is 7.46. The highest BCUT2D eigenvalue weighted by atomic mass is 35.5. The molecular weight excluding hydrogens is 256 g/mol. The van der Waals surface area contributed by atoms with E-state index in [-0.39, 0.29) is 0 Å². The minimum Gasteiger partial charge on any atom is -0.496 e. The van der Waals surface area contributed by atoms with Crippen molar-refractivity contribution in [1.29, 1.82) is 0 Å². The molecule has 2 heteroatoms. The van der Waals surface area contributed by atoms with Crippen molar-refractivity contribution in [3.05, 3.63) is 28.3 Å². The van der Waals surface area contributed by atoms with E-state index in [1.54, 1.807) is 7.11 Å². The molecule has 0 aliphatic heterocycles. The van der Waals surface area contributed by atoms with Gasteiger partial charge in [0.25, 0.3) is 0 Å². The van der Waals surface area contributed by atoms with Crippen molar-refractivity contribution in [2.45, 2.75) is 46.5 Å². The van der Waals surface area contributed by atoms with Crippen LogP contribution < -0.4 is 4.74 Å². The smallest absolute Gasteiger partial charge is 0.125 e. The Kier molecular flexibility index (Phi) is 6.25. The summed E-state index contributed by atoms with van der Waals surface area (Å²) in [6, 6.07) is 3.99. The third kappa shape index (κ3) is 4.48. The van der Waals surface area contributed by atoms with Crippen molar-refractivity contribution in [2.24, 2.45) is 5.92 Å². The molecule has 0 saturated heterocycles. The third-order valence-electron chi connectivity index (χ3n) is 3.04. The van der Waals surface area contributed by atoms with Crippen molar-refractivity contribution in [2.75, 3.05) is 7.11 Å². The van der Waals surface area contributed by atoms with Crippen molar-refractivity contribution in [1.82, 2.24) is 0 Å². The molecule has 0 spiro atoms. The van der Waals surface area contributed by atoms with Crippen molar-refractivity contribution in [3.63, 3.8) is 0 Å². The van der Waals surface area contributed by atoms with Crippen LogP contribution in [0.4, 0.5) is 0 Å². The lowest BCUT2D eigenvalue weighted by molar-refractivity contribution is 0.401. The van der Waals surface area contributed by atoms with Crippen molar-refractivity contribution < 1.29 is 4.74 Å². The Bertz CT molecular complexity index is 480. The Morgan fingerprint density at radius 3 is 2.47 bits per heavy atom. The van der Waals surface area contributed by atoms with E-state index in [0.717, 1.165) is 29.2 Å². The van der Waals surface area contributed by atoms with Crippen LogP contribution in [0.25, 0.3) is 0 Å². The first-order valence-electron chi connectivity index (χ1n) is 6.84. The van der Waals surface area contributed by atoms with Gasteiger partial charge in [0.2, 0.25) is 0 Å². The Balaban J connectivity index is 3.12. The van der Waals surface area contributed by atoms with Crippen LogP contribution in [0.15, 0.2) is 12.1 Å². The summed E-state index contributed by atoms with van der Waals surface area (Å²) in [5, 5.41) is 0.773. The summed E-state index contributed by atoms with van der Waals surface area (Å²) in [5.74, 6) is 8.05. The zero-order valence-corrected chi connectivity index (χ0v) is 13.3. The molecule has 0 fully saturated rings. The molecular formula is C17H23ClO. The summed E-state index contributed by atoms with van der Waals surface area (Å²) in [4.78, 5) is 0. The first-order chi connectivity index (χ1) is 8.99. The van der Waals surface area contributed by atoms with Crippen LogP contribution in [0.5, 0.6) is 5.75 Å². The molecule has 1 aromatic carbocycles. The van der Waals surface area contributed by atoms with Gasteiger partial charge in [0.05, 0.1) is 7.11 Å². The van der Waals surface area contributed by atoms with E-state index in [4.69, 9.17) is 16.3 Å². The van der Waals surface area contributed by atoms with Crippen LogP contribution in [-0.2, 0) is 6.42 Å². The van der Waals surface area contributed by atoms with Gasteiger partial charge in [0.15, 0.2) is 0 Å². The molecule has 1 atom stereocenters. The lowest BCUT2D eigenvalue weighted by atomic mass is 9.94. The fourth-order valence-electron chi connectivity index (χ4n) is 2.16. The predicted molar refractivity (Wildman–Crippen MR) is 83.0 cm³/mol. The molecule has 1 rings (SSSR count). The molecule has 1 nitrogen and oxygen atoms in total. The summed E-state index contributed by atoms with van der Waals surface area (Å²) in [5.41, 5.74) is 2.32. The molecule has 0 bridgehead atoms. The van der Waals surface area contributed by atoms with Crippen LogP contribution in [0, 0.1) is 17.8 Å². The fraction of sp³-hybridized carbons (Fsp3) is 0.529. The highest BCUT2D eigenvalue weighted by Crippen LogP contribution is 2.34. The Morgan fingerprint density at radius 2 is 1.95 bits per heavy atom. The normalized spacial score (nSPS) is 11.9. The van der Waals surface area contributed by atoms with E-state index in [1.165, 1.54) is 5.56 Å². The average molecular weight is 279 g/mol. The van der Waals surface area contributed by atoms with Crippen LogP contribution in [0.1, 0.15) is 51.2 Å². The number of halogens is 1. The minimum atomic E-state index is 0.312. The lowest BCUT2D eigenvalue weighted by Crippen LogP contribution is -2.03. The van der Waals surface area contributed by atoms with Gasteiger partial charge in [-0.3, -0.25) is 0 Å². The quantitative estimate of drug-likeness (QED) is 0.699. The van der Waals surface area contributed by atoms with Crippen LogP contribution in [0.3, 0.4) is 0 Å². The van der Waals surface area contributed by atoms with Gasteiger partial charge in [-0.05, 0) is 35.6 Å². The molecule has 0 amide bonds. The highest BCUT2D eigenvalue weighted by molar-refractivity contribution is 6.30. The van der Waals surface area contributed by atoms with Gasteiger partial charge in [-0.2, -0.15) is 0 Å². The standard InChI is InChI=1S/C17H23ClO/c1-6-7-8-13(4)9-14-10-15(18)11-16(12(2)3)17(14)19-5/h10-13H,6,9H2,1-5H3. The van der Waals surface area contributed by atoms with E-state index < -0.39 is 0 Å². The average Bonchev–Trinajstić information content (AvgIpc) is 2.35. The molecule has 19 heavy (non-hydrogen) atoms. The zero-order chi connectivity index (χ0) is 14.4. The zero-order valence-electron chi connectivity index (χ0n) is 12.5. The van der Waals surface area contributed by atoms with Gasteiger partial charge in [0, 0.05) is 17.4 Å². The maximum absolute atomic E-state index is 6.22. The van der Waals surface area contributed by atoms with E-state index in [1.807, 2.05) is 12.1 Å². The first-order valence-corrected chi connectivity index (χ1v) is 7.22. The molecule has 0 aliphatic carbocycles. The lowest BCUT2D eigenvalue weighted by Gasteiger charge is -2.17. The van der Waals surface area contributed by atoms with Crippen LogP contribution in [0.2, 0.25) is 5.02 Å². The summed E-state index contributed by atoms with van der Waals surface area (Å²) in [7, 11) is 1.72. The van der Waals surface area contributed by atoms with Gasteiger partial charge in [-0.15, -0.1) is 5.92 Å². The summed E-state index contributed by atoms with van der Waals surface area (Å²) in [6.07, 6.45) is 1.77. The van der Waals surface area contributed by atoms with E-state index in [9.17, 15) is 0 Å². The molecule has 0 aliphatic rings. The molecule has 104 valence electrons. The number of rotatable bonds is 4. The first kappa shape index (κ1) is 15.9.